The summed E-state index contributed by atoms with van der Waals surface area (Å²) < 4.78 is 5.61. The number of aryl methyl sites for hydroxylation is 1. The smallest absolute Gasteiger partial charge is 0.331 e. The largest absolute Gasteiger partial charge is 0.490 e. The Labute approximate surface area is 117 Å². The molecule has 0 aliphatic carbocycles. The lowest BCUT2D eigenvalue weighted by molar-refractivity contribution is -0.145. The number of hydrogen-bond acceptors (Lipinski definition) is 3. The van der Waals surface area contributed by atoms with E-state index in [-0.39, 0.29) is 6.61 Å². The zero-order chi connectivity index (χ0) is 14.6. The molecule has 0 aromatic heterocycles. The Hall–Kier alpha value is -2.33. The van der Waals surface area contributed by atoms with Crippen LogP contribution in [0.5, 0.6) is 5.75 Å². The lowest BCUT2D eigenvalue weighted by Gasteiger charge is -2.25. The standard InChI is InChI=1S/C16H17NO3/c1-12-7-5-6-10-14(12)20-11-16(17,15(18)19)13-8-3-2-4-9-13/h2-10H,11,17H2,1H3,(H,18,19). The molecule has 2 aromatic rings. The first-order chi connectivity index (χ1) is 9.54. The molecule has 1 atom stereocenters. The number of benzene rings is 2. The molecule has 2 rings (SSSR count). The maximum absolute atomic E-state index is 11.5. The van der Waals surface area contributed by atoms with E-state index >= 15 is 0 Å². The first-order valence-corrected chi connectivity index (χ1v) is 6.30. The molecule has 0 heterocycles. The summed E-state index contributed by atoms with van der Waals surface area (Å²) in [4.78, 5) is 11.5. The number of para-hydroxylation sites is 1. The van der Waals surface area contributed by atoms with Gasteiger partial charge in [-0.1, -0.05) is 48.5 Å². The number of carboxylic acid groups (broad SMARTS) is 1. The van der Waals surface area contributed by atoms with Crippen molar-refractivity contribution in [2.24, 2.45) is 5.73 Å². The van der Waals surface area contributed by atoms with Crippen LogP contribution in [0.15, 0.2) is 54.6 Å². The van der Waals surface area contributed by atoms with Gasteiger partial charge >= 0.3 is 5.97 Å². The Morgan fingerprint density at radius 3 is 2.35 bits per heavy atom. The van der Waals surface area contributed by atoms with Crippen molar-refractivity contribution < 1.29 is 14.6 Å². The third-order valence-corrected chi connectivity index (χ3v) is 3.22. The first kappa shape index (κ1) is 14.1. The molecule has 3 N–H and O–H groups in total. The summed E-state index contributed by atoms with van der Waals surface area (Å²) in [5, 5.41) is 9.43. The molecule has 0 amide bonds. The highest BCUT2D eigenvalue weighted by Gasteiger charge is 2.37. The van der Waals surface area contributed by atoms with Gasteiger partial charge in [0, 0.05) is 0 Å². The van der Waals surface area contributed by atoms with E-state index in [0.29, 0.717) is 11.3 Å². The van der Waals surface area contributed by atoms with Crippen LogP contribution in [0.25, 0.3) is 0 Å². The number of hydrogen-bond donors (Lipinski definition) is 2. The maximum atomic E-state index is 11.5. The third-order valence-electron chi connectivity index (χ3n) is 3.22. The van der Waals surface area contributed by atoms with Crippen LogP contribution in [0.2, 0.25) is 0 Å². The zero-order valence-corrected chi connectivity index (χ0v) is 11.2. The van der Waals surface area contributed by atoms with Crippen LogP contribution < -0.4 is 10.5 Å². The van der Waals surface area contributed by atoms with E-state index in [1.807, 2.05) is 31.2 Å². The van der Waals surface area contributed by atoms with Gasteiger partial charge in [-0.15, -0.1) is 0 Å². The molecule has 0 radical (unpaired) electrons. The average molecular weight is 271 g/mol. The first-order valence-electron chi connectivity index (χ1n) is 6.30. The molecule has 0 aliphatic rings. The second kappa shape index (κ2) is 5.75. The molecule has 20 heavy (non-hydrogen) atoms. The summed E-state index contributed by atoms with van der Waals surface area (Å²) in [5.41, 5.74) is 5.92. The zero-order valence-electron chi connectivity index (χ0n) is 11.2. The van der Waals surface area contributed by atoms with E-state index in [1.54, 1.807) is 30.3 Å². The Bertz CT molecular complexity index is 598. The van der Waals surface area contributed by atoms with Crippen molar-refractivity contribution in [3.05, 3.63) is 65.7 Å². The molecule has 0 fully saturated rings. The molecule has 0 spiro atoms. The molecule has 1 unspecified atom stereocenters. The van der Waals surface area contributed by atoms with E-state index in [0.717, 1.165) is 5.56 Å². The number of rotatable bonds is 5. The second-order valence-corrected chi connectivity index (χ2v) is 4.70. The normalized spacial score (nSPS) is 13.5. The van der Waals surface area contributed by atoms with Crippen LogP contribution >= 0.6 is 0 Å². The molecule has 0 saturated carbocycles. The van der Waals surface area contributed by atoms with E-state index in [4.69, 9.17) is 10.5 Å². The fraction of sp³-hybridized carbons (Fsp3) is 0.188. The Kier molecular flexibility index (Phi) is 4.05. The average Bonchev–Trinajstić information content (AvgIpc) is 2.47. The van der Waals surface area contributed by atoms with Crippen LogP contribution in [0.1, 0.15) is 11.1 Å². The number of ether oxygens (including phenoxy) is 1. The monoisotopic (exact) mass is 271 g/mol. The van der Waals surface area contributed by atoms with Crippen molar-refractivity contribution >= 4 is 5.97 Å². The summed E-state index contributed by atoms with van der Waals surface area (Å²) in [6, 6.07) is 16.1. The van der Waals surface area contributed by atoms with Gasteiger partial charge in [-0.25, -0.2) is 4.79 Å². The fourth-order valence-electron chi connectivity index (χ4n) is 1.91. The maximum Gasteiger partial charge on any atom is 0.331 e. The lowest BCUT2D eigenvalue weighted by Crippen LogP contribution is -2.49. The van der Waals surface area contributed by atoms with Crippen LogP contribution in [0.3, 0.4) is 0 Å². The van der Waals surface area contributed by atoms with Crippen LogP contribution in [0.4, 0.5) is 0 Å². The van der Waals surface area contributed by atoms with Crippen LogP contribution in [-0.2, 0) is 10.3 Å². The summed E-state index contributed by atoms with van der Waals surface area (Å²) in [6.45, 7) is 1.77. The van der Waals surface area contributed by atoms with Crippen molar-refractivity contribution in [3.63, 3.8) is 0 Å². The molecule has 4 nitrogen and oxygen atoms in total. The summed E-state index contributed by atoms with van der Waals surface area (Å²) in [7, 11) is 0. The van der Waals surface area contributed by atoms with Crippen molar-refractivity contribution in [1.29, 1.82) is 0 Å². The summed E-state index contributed by atoms with van der Waals surface area (Å²) in [6.07, 6.45) is 0. The van der Waals surface area contributed by atoms with Gasteiger partial charge in [0.05, 0.1) is 0 Å². The van der Waals surface area contributed by atoms with Crippen molar-refractivity contribution in [1.82, 2.24) is 0 Å². The van der Waals surface area contributed by atoms with Gasteiger partial charge in [0.25, 0.3) is 0 Å². The number of nitrogens with two attached hydrogens (primary N) is 1. The Balaban J connectivity index is 2.23. The van der Waals surface area contributed by atoms with Crippen molar-refractivity contribution in [2.75, 3.05) is 6.61 Å². The molecule has 0 saturated heterocycles. The molecule has 0 aliphatic heterocycles. The van der Waals surface area contributed by atoms with E-state index in [1.165, 1.54) is 0 Å². The number of carbonyl (C=O) groups is 1. The van der Waals surface area contributed by atoms with Crippen molar-refractivity contribution in [2.45, 2.75) is 12.5 Å². The number of carboxylic acids is 1. The minimum Gasteiger partial charge on any atom is -0.490 e. The quantitative estimate of drug-likeness (QED) is 0.875. The van der Waals surface area contributed by atoms with Gasteiger partial charge in [-0.2, -0.15) is 0 Å². The highest BCUT2D eigenvalue weighted by molar-refractivity contribution is 5.80. The van der Waals surface area contributed by atoms with Gasteiger partial charge in [0.15, 0.2) is 5.54 Å². The van der Waals surface area contributed by atoms with Crippen LogP contribution in [0, 0.1) is 6.92 Å². The predicted molar refractivity (Wildman–Crippen MR) is 76.6 cm³/mol. The van der Waals surface area contributed by atoms with Gasteiger partial charge in [-0.3, -0.25) is 0 Å². The molecular weight excluding hydrogens is 254 g/mol. The minimum atomic E-state index is -1.57. The molecule has 2 aromatic carbocycles. The third kappa shape index (κ3) is 2.81. The van der Waals surface area contributed by atoms with E-state index < -0.39 is 11.5 Å². The summed E-state index contributed by atoms with van der Waals surface area (Å²) >= 11 is 0. The van der Waals surface area contributed by atoms with Gasteiger partial charge in [0.2, 0.25) is 0 Å². The summed E-state index contributed by atoms with van der Waals surface area (Å²) in [5.74, 6) is -0.475. The SMILES string of the molecule is Cc1ccccc1OCC(N)(C(=O)O)c1ccccc1. The lowest BCUT2D eigenvalue weighted by atomic mass is 9.92. The number of aliphatic carboxylic acids is 1. The molecular formula is C16H17NO3. The molecule has 0 bridgehead atoms. The van der Waals surface area contributed by atoms with Crippen molar-refractivity contribution in [3.8, 4) is 5.75 Å². The second-order valence-electron chi connectivity index (χ2n) is 4.70. The highest BCUT2D eigenvalue weighted by atomic mass is 16.5. The fourth-order valence-corrected chi connectivity index (χ4v) is 1.91. The highest BCUT2D eigenvalue weighted by Crippen LogP contribution is 2.22. The predicted octanol–water partition coefficient (Wildman–Crippen LogP) is 2.31. The topological polar surface area (TPSA) is 72.5 Å². The Morgan fingerprint density at radius 2 is 1.75 bits per heavy atom. The van der Waals surface area contributed by atoms with Crippen LogP contribution in [-0.4, -0.2) is 17.7 Å². The van der Waals surface area contributed by atoms with Gasteiger partial charge in [-0.05, 0) is 24.1 Å². The molecule has 104 valence electrons. The van der Waals surface area contributed by atoms with Gasteiger partial charge < -0.3 is 15.6 Å². The van der Waals surface area contributed by atoms with E-state index in [2.05, 4.69) is 0 Å². The van der Waals surface area contributed by atoms with Gasteiger partial charge in [0.1, 0.15) is 12.4 Å². The minimum absolute atomic E-state index is 0.128. The molecule has 4 heteroatoms. The van der Waals surface area contributed by atoms with E-state index in [9.17, 15) is 9.90 Å². The Morgan fingerprint density at radius 1 is 1.15 bits per heavy atom.